The first-order valence-electron chi connectivity index (χ1n) is 5.34. The Morgan fingerprint density at radius 1 is 1.00 bits per heavy atom. The summed E-state index contributed by atoms with van der Waals surface area (Å²) < 4.78 is 5.18. The van der Waals surface area contributed by atoms with Gasteiger partial charge in [-0.25, -0.2) is 0 Å². The van der Waals surface area contributed by atoms with Crippen molar-refractivity contribution in [3.63, 3.8) is 0 Å². The molecule has 3 heteroatoms. The minimum Gasteiger partial charge on any atom is -1.00 e. The summed E-state index contributed by atoms with van der Waals surface area (Å²) in [6.07, 6.45) is 9.96. The molecule has 0 amide bonds. The average molecular weight is 453 g/mol. The maximum absolute atomic E-state index is 5.18. The van der Waals surface area contributed by atoms with Crippen molar-refractivity contribution < 1.29 is 49.4 Å². The predicted octanol–water partition coefficient (Wildman–Crippen LogP) is 0.773. The summed E-state index contributed by atoms with van der Waals surface area (Å²) in [4.78, 5) is 0. The molecule has 0 rings (SSSR count). The van der Waals surface area contributed by atoms with Crippen molar-refractivity contribution in [1.82, 2.24) is 0 Å². The van der Waals surface area contributed by atoms with E-state index in [2.05, 4.69) is 13.8 Å². The number of rotatable bonds is 8. The topological polar surface area (TPSA) is 9.23 Å². The molecule has 0 aliphatic heterocycles. The molecule has 83 valence electrons. The van der Waals surface area contributed by atoms with Crippen molar-refractivity contribution in [2.24, 2.45) is 0 Å². The predicted molar refractivity (Wildman–Crippen MR) is 54.5 cm³/mol. The second-order valence-electron chi connectivity index (χ2n) is 3.60. The normalized spacial score (nSPS) is 11.4. The summed E-state index contributed by atoms with van der Waals surface area (Å²) >= 11 is 0. The summed E-state index contributed by atoms with van der Waals surface area (Å²) in [5.74, 6) is 0. The first-order chi connectivity index (χ1) is 5.81. The van der Waals surface area contributed by atoms with E-state index in [0.717, 1.165) is 0 Å². The monoisotopic (exact) mass is 453 g/mol. The van der Waals surface area contributed by atoms with E-state index in [1.165, 1.54) is 44.9 Å². The van der Waals surface area contributed by atoms with Gasteiger partial charge in [-0.2, -0.15) is 0 Å². The summed E-state index contributed by atoms with van der Waals surface area (Å²) in [5, 5.41) is 0. The van der Waals surface area contributed by atoms with Crippen LogP contribution in [0, 0.1) is 0 Å². The van der Waals surface area contributed by atoms with Gasteiger partial charge in [0.25, 0.3) is 0 Å². The maximum atomic E-state index is 5.18. The van der Waals surface area contributed by atoms with Crippen LogP contribution < -0.4 is 17.0 Å². The Labute approximate surface area is 121 Å². The molecule has 0 fully saturated rings. The van der Waals surface area contributed by atoms with Gasteiger partial charge in [-0.1, -0.05) is 45.4 Å². The van der Waals surface area contributed by atoms with Gasteiger partial charge in [-0.3, -0.25) is 0 Å². The molecule has 1 radical (unpaired) electrons. The second-order valence-corrected chi connectivity index (χ2v) is 3.60. The molecule has 0 aliphatic rings. The van der Waals surface area contributed by atoms with Gasteiger partial charge >= 0.3 is 27.7 Å². The molecule has 0 aliphatic carbocycles. The van der Waals surface area contributed by atoms with Gasteiger partial charge in [0.15, 0.2) is 0 Å². The van der Waals surface area contributed by atoms with Gasteiger partial charge in [0.1, 0.15) is 0 Å². The Balaban J connectivity index is -0.000000605. The van der Waals surface area contributed by atoms with E-state index in [4.69, 9.17) is 4.74 Å². The number of hydrogen-bond acceptors (Lipinski definition) is 1. The van der Waals surface area contributed by atoms with Crippen LogP contribution in [0.2, 0.25) is 0 Å². The smallest absolute Gasteiger partial charge is 1.00 e. The number of methoxy groups -OCH3 is 1. The summed E-state index contributed by atoms with van der Waals surface area (Å²) in [6.45, 7) is 4.40. The van der Waals surface area contributed by atoms with E-state index in [9.17, 15) is 0 Å². The van der Waals surface area contributed by atoms with Crippen molar-refractivity contribution in [2.75, 3.05) is 7.11 Å². The first kappa shape index (κ1) is 20.7. The summed E-state index contributed by atoms with van der Waals surface area (Å²) in [7, 11) is 1.79. The Morgan fingerprint density at radius 3 is 2.00 bits per heavy atom. The molecule has 0 aromatic heterocycles. The molecular formula is C11H24BrHgO. The SMILES string of the molecule is CCCCCCCCC(C)OC.[Br-].[Hg+]. The van der Waals surface area contributed by atoms with Crippen molar-refractivity contribution in [1.29, 1.82) is 0 Å². The zero-order valence-electron chi connectivity index (χ0n) is 10.0. The van der Waals surface area contributed by atoms with Crippen LogP contribution in [0.1, 0.15) is 58.8 Å². The Bertz CT molecular complexity index is 91.4. The van der Waals surface area contributed by atoms with Gasteiger partial charge in [0.2, 0.25) is 0 Å². The van der Waals surface area contributed by atoms with E-state index in [0.29, 0.717) is 6.10 Å². The van der Waals surface area contributed by atoms with Crippen molar-refractivity contribution >= 4 is 0 Å². The van der Waals surface area contributed by atoms with Crippen LogP contribution in [0.15, 0.2) is 0 Å². The fraction of sp³-hybridized carbons (Fsp3) is 1.00. The largest absolute Gasteiger partial charge is 1.00 e. The summed E-state index contributed by atoms with van der Waals surface area (Å²) in [6, 6.07) is 0. The average Bonchev–Trinajstić information content (AvgIpc) is 2.10. The zero-order valence-corrected chi connectivity index (χ0v) is 17.1. The maximum Gasteiger partial charge on any atom is 1.00 e. The van der Waals surface area contributed by atoms with E-state index in [1.54, 1.807) is 7.11 Å². The van der Waals surface area contributed by atoms with Gasteiger partial charge < -0.3 is 21.7 Å². The molecule has 0 saturated carbocycles. The molecule has 0 saturated heterocycles. The molecule has 0 aromatic carbocycles. The Hall–Kier alpha value is 1.38. The molecule has 14 heavy (non-hydrogen) atoms. The van der Waals surface area contributed by atoms with Crippen LogP contribution in [0.5, 0.6) is 0 Å². The van der Waals surface area contributed by atoms with Crippen LogP contribution in [0.25, 0.3) is 0 Å². The van der Waals surface area contributed by atoms with Gasteiger partial charge in [0, 0.05) is 7.11 Å². The molecular weight excluding hydrogens is 429 g/mol. The van der Waals surface area contributed by atoms with Gasteiger partial charge in [0.05, 0.1) is 6.10 Å². The molecule has 1 unspecified atom stereocenters. The van der Waals surface area contributed by atoms with E-state index < -0.39 is 0 Å². The fourth-order valence-corrected chi connectivity index (χ4v) is 1.33. The van der Waals surface area contributed by atoms with Crippen LogP contribution in [-0.2, 0) is 32.4 Å². The Morgan fingerprint density at radius 2 is 1.50 bits per heavy atom. The van der Waals surface area contributed by atoms with E-state index in [1.807, 2.05) is 0 Å². The minimum absolute atomic E-state index is 0. The second kappa shape index (κ2) is 16.8. The van der Waals surface area contributed by atoms with Crippen LogP contribution in [0.3, 0.4) is 0 Å². The quantitative estimate of drug-likeness (QED) is 0.391. The third-order valence-corrected chi connectivity index (χ3v) is 2.37. The molecule has 0 N–H and O–H groups in total. The van der Waals surface area contributed by atoms with Crippen molar-refractivity contribution in [2.45, 2.75) is 64.9 Å². The van der Waals surface area contributed by atoms with Crippen LogP contribution in [0.4, 0.5) is 0 Å². The number of unbranched alkanes of at least 4 members (excludes halogenated alkanes) is 5. The zero-order chi connectivity index (χ0) is 9.23. The van der Waals surface area contributed by atoms with Crippen molar-refractivity contribution in [3.8, 4) is 0 Å². The molecule has 0 bridgehead atoms. The molecule has 0 spiro atoms. The van der Waals surface area contributed by atoms with Gasteiger partial charge in [-0.05, 0) is 13.3 Å². The molecule has 0 aromatic rings. The van der Waals surface area contributed by atoms with E-state index in [-0.39, 0.29) is 44.7 Å². The van der Waals surface area contributed by atoms with Gasteiger partial charge in [-0.15, -0.1) is 0 Å². The Kier molecular flexibility index (Phi) is 24.9. The van der Waals surface area contributed by atoms with Crippen molar-refractivity contribution in [3.05, 3.63) is 0 Å². The van der Waals surface area contributed by atoms with Crippen LogP contribution >= 0.6 is 0 Å². The summed E-state index contributed by atoms with van der Waals surface area (Å²) in [5.41, 5.74) is 0. The molecule has 1 nitrogen and oxygen atoms in total. The third-order valence-electron chi connectivity index (χ3n) is 2.37. The fourth-order valence-electron chi connectivity index (χ4n) is 1.33. The number of ether oxygens (including phenoxy) is 1. The third kappa shape index (κ3) is 15.8. The molecule has 1 atom stereocenters. The molecule has 0 heterocycles. The minimum atomic E-state index is 0. The standard InChI is InChI=1S/C11H24O.BrH.Hg/c1-4-5-6-7-8-9-10-11(2)12-3;;/h11H,4-10H2,1-3H3;1H;/q;;+1/p-1. The number of halogens is 1. The van der Waals surface area contributed by atoms with Crippen LogP contribution in [-0.4, -0.2) is 13.2 Å². The van der Waals surface area contributed by atoms with E-state index >= 15 is 0 Å². The first-order valence-corrected chi connectivity index (χ1v) is 5.34. The number of hydrogen-bond donors (Lipinski definition) is 0.